The van der Waals surface area contributed by atoms with Gasteiger partial charge in [-0.25, -0.2) is 4.79 Å². The summed E-state index contributed by atoms with van der Waals surface area (Å²) >= 11 is 6.15. The molecule has 184 valence electrons. The Morgan fingerprint density at radius 2 is 1.80 bits per heavy atom. The molecule has 1 fully saturated rings. The summed E-state index contributed by atoms with van der Waals surface area (Å²) in [7, 11) is 3.18. The summed E-state index contributed by atoms with van der Waals surface area (Å²) in [6.07, 6.45) is 2.49. The molecule has 3 aromatic rings. The summed E-state index contributed by atoms with van der Waals surface area (Å²) < 4.78 is 2.64. The normalized spacial score (nSPS) is 14.2. The van der Waals surface area contributed by atoms with E-state index in [1.54, 1.807) is 43.6 Å². The van der Waals surface area contributed by atoms with Crippen LogP contribution in [0.25, 0.3) is 0 Å². The summed E-state index contributed by atoms with van der Waals surface area (Å²) in [5.74, 6) is 0.490. The van der Waals surface area contributed by atoms with E-state index in [1.807, 2.05) is 6.07 Å². The topological polar surface area (TPSA) is 92.5 Å². The molecule has 0 unspecified atom stereocenters. The molecule has 0 saturated carbocycles. The third-order valence-electron chi connectivity index (χ3n) is 6.29. The summed E-state index contributed by atoms with van der Waals surface area (Å²) in [5.41, 5.74) is 1.01. The molecule has 10 heteroatoms. The van der Waals surface area contributed by atoms with Crippen molar-refractivity contribution in [2.24, 2.45) is 14.1 Å². The van der Waals surface area contributed by atoms with Crippen LogP contribution in [-0.4, -0.2) is 64.1 Å². The maximum atomic E-state index is 12.9. The van der Waals surface area contributed by atoms with Crippen LogP contribution in [0.2, 0.25) is 5.02 Å². The lowest BCUT2D eigenvalue weighted by Gasteiger charge is -2.36. The molecule has 1 N–H and O–H groups in total. The number of carbonyl (C=O) groups excluding carboxylic acids is 1. The molecule has 0 spiro atoms. The van der Waals surface area contributed by atoms with E-state index in [9.17, 15) is 14.4 Å². The predicted molar refractivity (Wildman–Crippen MR) is 138 cm³/mol. The third kappa shape index (κ3) is 5.63. The van der Waals surface area contributed by atoms with Crippen molar-refractivity contribution < 1.29 is 4.79 Å². The average molecular weight is 497 g/mol. The number of piperazine rings is 1. The molecule has 3 heterocycles. The standard InChI is InChI=1S/C25H29ClN6O3/c1-29-22(17-23(33)30(2)25(29)35)32-14-12-31(13-15-32)11-5-10-27-20-8-7-18(26)16-19(20)24(34)21-6-3-4-9-28-21/h3-4,6-9,16-17,27H,5,10-15H2,1-2H3. The first-order chi connectivity index (χ1) is 16.8. The van der Waals surface area contributed by atoms with Gasteiger partial charge in [-0.3, -0.25) is 28.6 Å². The number of ketones is 1. The largest absolute Gasteiger partial charge is 0.384 e. The van der Waals surface area contributed by atoms with Gasteiger partial charge in [-0.15, -0.1) is 0 Å². The maximum absolute atomic E-state index is 12.9. The Morgan fingerprint density at radius 3 is 2.51 bits per heavy atom. The molecule has 0 radical (unpaired) electrons. The zero-order valence-electron chi connectivity index (χ0n) is 19.9. The third-order valence-corrected chi connectivity index (χ3v) is 6.52. The second-order valence-corrected chi connectivity index (χ2v) is 9.02. The van der Waals surface area contributed by atoms with E-state index < -0.39 is 0 Å². The molecular weight excluding hydrogens is 468 g/mol. The highest BCUT2D eigenvalue weighted by Gasteiger charge is 2.20. The van der Waals surface area contributed by atoms with Gasteiger partial charge in [0.05, 0.1) is 0 Å². The minimum Gasteiger partial charge on any atom is -0.384 e. The van der Waals surface area contributed by atoms with Crippen LogP contribution in [-0.2, 0) is 14.1 Å². The highest BCUT2D eigenvalue weighted by Crippen LogP contribution is 2.23. The average Bonchev–Trinajstić information content (AvgIpc) is 2.88. The van der Waals surface area contributed by atoms with Crippen molar-refractivity contribution in [2.45, 2.75) is 6.42 Å². The number of pyridine rings is 1. The number of halogens is 1. The lowest BCUT2D eigenvalue weighted by atomic mass is 10.1. The maximum Gasteiger partial charge on any atom is 0.332 e. The zero-order chi connectivity index (χ0) is 24.9. The van der Waals surface area contributed by atoms with E-state index in [4.69, 9.17) is 11.6 Å². The Bertz CT molecular complexity index is 1310. The summed E-state index contributed by atoms with van der Waals surface area (Å²) in [4.78, 5) is 45.8. The van der Waals surface area contributed by atoms with Gasteiger partial charge in [-0.05, 0) is 43.3 Å². The lowest BCUT2D eigenvalue weighted by Crippen LogP contribution is -2.49. The fourth-order valence-electron chi connectivity index (χ4n) is 4.24. The van der Waals surface area contributed by atoms with E-state index in [1.165, 1.54) is 17.7 Å². The van der Waals surface area contributed by atoms with E-state index in [0.717, 1.165) is 49.4 Å². The van der Waals surface area contributed by atoms with Crippen molar-refractivity contribution in [3.63, 3.8) is 0 Å². The Hall–Kier alpha value is -3.43. The minimum absolute atomic E-state index is 0.170. The van der Waals surface area contributed by atoms with Crippen molar-refractivity contribution >= 4 is 28.9 Å². The molecule has 1 aromatic carbocycles. The van der Waals surface area contributed by atoms with E-state index in [-0.39, 0.29) is 17.0 Å². The van der Waals surface area contributed by atoms with Crippen molar-refractivity contribution in [2.75, 3.05) is 49.5 Å². The molecule has 2 aromatic heterocycles. The number of nitrogens with one attached hydrogen (secondary N) is 1. The molecular formula is C25H29ClN6O3. The Balaban J connectivity index is 1.30. The van der Waals surface area contributed by atoms with Crippen LogP contribution >= 0.6 is 11.6 Å². The molecule has 4 rings (SSSR count). The Kier molecular flexibility index (Phi) is 7.67. The van der Waals surface area contributed by atoms with Crippen LogP contribution in [0, 0.1) is 0 Å². The Morgan fingerprint density at radius 1 is 1.03 bits per heavy atom. The number of hydrogen-bond acceptors (Lipinski definition) is 7. The van der Waals surface area contributed by atoms with Gasteiger partial charge < -0.3 is 10.2 Å². The quantitative estimate of drug-likeness (QED) is 0.376. The van der Waals surface area contributed by atoms with Crippen LogP contribution in [0.15, 0.2) is 58.3 Å². The van der Waals surface area contributed by atoms with Crippen LogP contribution in [0.3, 0.4) is 0 Å². The van der Waals surface area contributed by atoms with Gasteiger partial charge in [-0.1, -0.05) is 17.7 Å². The molecule has 0 aliphatic carbocycles. The van der Waals surface area contributed by atoms with Crippen LogP contribution < -0.4 is 21.5 Å². The summed E-state index contributed by atoms with van der Waals surface area (Å²) in [6.45, 7) is 4.77. The Labute approximate surface area is 208 Å². The summed E-state index contributed by atoms with van der Waals surface area (Å²) in [6, 6.07) is 12.0. The van der Waals surface area contributed by atoms with Crippen molar-refractivity contribution in [1.29, 1.82) is 0 Å². The number of nitrogens with zero attached hydrogens (tertiary/aromatic N) is 5. The monoisotopic (exact) mass is 496 g/mol. The molecule has 1 saturated heterocycles. The number of aromatic nitrogens is 3. The zero-order valence-corrected chi connectivity index (χ0v) is 20.7. The number of carbonyl (C=O) groups is 1. The lowest BCUT2D eigenvalue weighted by molar-refractivity contribution is 0.103. The fraction of sp³-hybridized carbons (Fsp3) is 0.360. The van der Waals surface area contributed by atoms with E-state index in [2.05, 4.69) is 20.1 Å². The second kappa shape index (κ2) is 10.9. The van der Waals surface area contributed by atoms with Crippen LogP contribution in [0.1, 0.15) is 22.5 Å². The SMILES string of the molecule is Cn1c(N2CCN(CCCNc3ccc(Cl)cc3C(=O)c3ccccn3)CC2)cc(=O)n(C)c1=O. The molecule has 0 atom stereocenters. The number of benzene rings is 1. The molecule has 1 aliphatic heterocycles. The van der Waals surface area contributed by atoms with Crippen LogP contribution in [0.5, 0.6) is 0 Å². The fourth-order valence-corrected chi connectivity index (χ4v) is 4.42. The van der Waals surface area contributed by atoms with Gasteiger partial charge in [0, 0.05) is 75.4 Å². The second-order valence-electron chi connectivity index (χ2n) is 8.58. The van der Waals surface area contributed by atoms with Crippen molar-refractivity contribution in [3.05, 3.63) is 85.8 Å². The van der Waals surface area contributed by atoms with Gasteiger partial charge in [0.2, 0.25) is 5.78 Å². The number of rotatable bonds is 8. The van der Waals surface area contributed by atoms with E-state index in [0.29, 0.717) is 28.6 Å². The van der Waals surface area contributed by atoms with Gasteiger partial charge >= 0.3 is 5.69 Å². The molecule has 0 amide bonds. The molecule has 9 nitrogen and oxygen atoms in total. The van der Waals surface area contributed by atoms with Gasteiger partial charge in [-0.2, -0.15) is 0 Å². The smallest absolute Gasteiger partial charge is 0.332 e. The van der Waals surface area contributed by atoms with E-state index >= 15 is 0 Å². The number of anilines is 2. The van der Waals surface area contributed by atoms with Crippen LogP contribution in [0.4, 0.5) is 11.5 Å². The summed E-state index contributed by atoms with van der Waals surface area (Å²) in [5, 5.41) is 3.87. The molecule has 1 aliphatic rings. The number of hydrogen-bond donors (Lipinski definition) is 1. The first-order valence-electron chi connectivity index (χ1n) is 11.6. The van der Waals surface area contributed by atoms with Crippen molar-refractivity contribution in [1.82, 2.24) is 19.0 Å². The first-order valence-corrected chi connectivity index (χ1v) is 12.0. The van der Waals surface area contributed by atoms with Gasteiger partial charge in [0.1, 0.15) is 11.5 Å². The van der Waals surface area contributed by atoms with Crippen molar-refractivity contribution in [3.8, 4) is 0 Å². The highest BCUT2D eigenvalue weighted by atomic mass is 35.5. The minimum atomic E-state index is -0.316. The molecule has 35 heavy (non-hydrogen) atoms. The van der Waals surface area contributed by atoms with Gasteiger partial charge in [0.25, 0.3) is 5.56 Å². The highest BCUT2D eigenvalue weighted by molar-refractivity contribution is 6.31. The first kappa shape index (κ1) is 24.7. The van der Waals surface area contributed by atoms with Gasteiger partial charge in [0.15, 0.2) is 0 Å². The molecule has 0 bridgehead atoms. The predicted octanol–water partition coefficient (Wildman–Crippen LogP) is 1.99.